The van der Waals surface area contributed by atoms with Gasteiger partial charge >= 0.3 is 0 Å². The van der Waals surface area contributed by atoms with Crippen molar-refractivity contribution in [3.63, 3.8) is 0 Å². The summed E-state index contributed by atoms with van der Waals surface area (Å²) < 4.78 is 0. The molecule has 0 aliphatic rings. The molecule has 0 aliphatic carbocycles. The van der Waals surface area contributed by atoms with Crippen molar-refractivity contribution in [3.05, 3.63) is 23.8 Å². The highest BCUT2D eigenvalue weighted by atomic mass is 15.1. The van der Waals surface area contributed by atoms with E-state index in [4.69, 9.17) is 5.73 Å². The van der Waals surface area contributed by atoms with E-state index in [0.29, 0.717) is 6.04 Å². The minimum atomic E-state index is 0.461. The van der Waals surface area contributed by atoms with Crippen LogP contribution in [0, 0.1) is 6.92 Å². The Bertz CT molecular complexity index is 334. The number of hydrogen-bond acceptors (Lipinski definition) is 3. The molecule has 1 aromatic carbocycles. The lowest BCUT2D eigenvalue weighted by Gasteiger charge is -2.19. The average molecular weight is 221 g/mol. The topological polar surface area (TPSA) is 41.3 Å². The van der Waals surface area contributed by atoms with Crippen LogP contribution in [0.5, 0.6) is 0 Å². The number of anilines is 2. The third kappa shape index (κ3) is 3.74. The lowest BCUT2D eigenvalue weighted by molar-refractivity contribution is 0.390. The number of nitrogens with one attached hydrogen (secondary N) is 1. The predicted molar refractivity (Wildman–Crippen MR) is 71.8 cm³/mol. The second-order valence-corrected chi connectivity index (χ2v) is 4.66. The molecule has 0 heterocycles. The summed E-state index contributed by atoms with van der Waals surface area (Å²) in [4.78, 5) is 2.20. The second-order valence-electron chi connectivity index (χ2n) is 4.66. The number of rotatable bonds is 5. The standard InChI is InChI=1S/C13H23N3/c1-10(8-9-16(3)4)15-13-7-5-6-12(14)11(13)2/h5-7,10,15H,8-9,14H2,1-4H3. The lowest BCUT2D eigenvalue weighted by atomic mass is 10.1. The third-order valence-corrected chi connectivity index (χ3v) is 2.79. The highest BCUT2D eigenvalue weighted by molar-refractivity contribution is 5.62. The van der Waals surface area contributed by atoms with Gasteiger partial charge in [-0.15, -0.1) is 0 Å². The van der Waals surface area contributed by atoms with Crippen molar-refractivity contribution in [1.29, 1.82) is 0 Å². The lowest BCUT2D eigenvalue weighted by Crippen LogP contribution is -2.23. The Morgan fingerprint density at radius 3 is 2.69 bits per heavy atom. The van der Waals surface area contributed by atoms with E-state index in [1.807, 2.05) is 12.1 Å². The molecule has 0 spiro atoms. The Morgan fingerprint density at radius 2 is 2.06 bits per heavy atom. The van der Waals surface area contributed by atoms with Crippen molar-refractivity contribution in [3.8, 4) is 0 Å². The molecule has 3 heteroatoms. The summed E-state index contributed by atoms with van der Waals surface area (Å²) in [6.45, 7) is 5.35. The van der Waals surface area contributed by atoms with Gasteiger partial charge in [0.15, 0.2) is 0 Å². The molecule has 0 fully saturated rings. The van der Waals surface area contributed by atoms with Gasteiger partial charge in [-0.1, -0.05) is 6.07 Å². The summed E-state index contributed by atoms with van der Waals surface area (Å²) in [5, 5.41) is 3.50. The van der Waals surface area contributed by atoms with Gasteiger partial charge in [-0.2, -0.15) is 0 Å². The van der Waals surface area contributed by atoms with Gasteiger partial charge in [-0.3, -0.25) is 0 Å². The molecule has 0 amide bonds. The molecule has 0 saturated carbocycles. The van der Waals surface area contributed by atoms with E-state index < -0.39 is 0 Å². The van der Waals surface area contributed by atoms with Gasteiger partial charge in [0.2, 0.25) is 0 Å². The van der Waals surface area contributed by atoms with Crippen LogP contribution in [-0.2, 0) is 0 Å². The van der Waals surface area contributed by atoms with E-state index in [1.54, 1.807) is 0 Å². The van der Waals surface area contributed by atoms with Crippen LogP contribution in [-0.4, -0.2) is 31.6 Å². The molecule has 0 saturated heterocycles. The predicted octanol–water partition coefficient (Wildman–Crippen LogP) is 2.33. The molecule has 1 rings (SSSR count). The largest absolute Gasteiger partial charge is 0.398 e. The average Bonchev–Trinajstić information content (AvgIpc) is 2.22. The van der Waals surface area contributed by atoms with E-state index in [-0.39, 0.29) is 0 Å². The van der Waals surface area contributed by atoms with Gasteiger partial charge in [-0.25, -0.2) is 0 Å². The first-order valence-electron chi connectivity index (χ1n) is 5.77. The number of nitrogens with two attached hydrogens (primary N) is 1. The van der Waals surface area contributed by atoms with Gasteiger partial charge in [0.05, 0.1) is 0 Å². The fraction of sp³-hybridized carbons (Fsp3) is 0.538. The maximum absolute atomic E-state index is 5.87. The fourth-order valence-electron chi connectivity index (χ4n) is 1.60. The molecule has 16 heavy (non-hydrogen) atoms. The van der Waals surface area contributed by atoms with Crippen molar-refractivity contribution in [1.82, 2.24) is 4.90 Å². The van der Waals surface area contributed by atoms with Gasteiger partial charge < -0.3 is 16.0 Å². The van der Waals surface area contributed by atoms with E-state index in [2.05, 4.69) is 44.2 Å². The van der Waals surface area contributed by atoms with Gasteiger partial charge in [0.25, 0.3) is 0 Å². The first-order chi connectivity index (χ1) is 7.50. The van der Waals surface area contributed by atoms with Crippen molar-refractivity contribution in [2.75, 3.05) is 31.7 Å². The summed E-state index contributed by atoms with van der Waals surface area (Å²) in [7, 11) is 4.19. The number of nitrogens with zero attached hydrogens (tertiary/aromatic N) is 1. The van der Waals surface area contributed by atoms with Crippen LogP contribution in [0.1, 0.15) is 18.9 Å². The van der Waals surface area contributed by atoms with Crippen LogP contribution >= 0.6 is 0 Å². The Morgan fingerprint density at radius 1 is 1.38 bits per heavy atom. The Kier molecular flexibility index (Phi) is 4.62. The normalized spacial score (nSPS) is 12.8. The van der Waals surface area contributed by atoms with E-state index in [9.17, 15) is 0 Å². The smallest absolute Gasteiger partial charge is 0.0392 e. The molecule has 90 valence electrons. The molecule has 0 aromatic heterocycles. The molecule has 3 nitrogen and oxygen atoms in total. The Hall–Kier alpha value is -1.22. The summed E-state index contributed by atoms with van der Waals surface area (Å²) >= 11 is 0. The summed E-state index contributed by atoms with van der Waals surface area (Å²) in [5.74, 6) is 0. The monoisotopic (exact) mass is 221 g/mol. The maximum atomic E-state index is 5.87. The van der Waals surface area contributed by atoms with Crippen molar-refractivity contribution in [2.45, 2.75) is 26.3 Å². The fourth-order valence-corrected chi connectivity index (χ4v) is 1.60. The molecule has 1 aromatic rings. The number of hydrogen-bond donors (Lipinski definition) is 2. The van der Waals surface area contributed by atoms with Crippen LogP contribution in [0.15, 0.2) is 18.2 Å². The molecular weight excluding hydrogens is 198 g/mol. The van der Waals surface area contributed by atoms with Crippen LogP contribution in [0.2, 0.25) is 0 Å². The Labute approximate surface area is 98.6 Å². The van der Waals surface area contributed by atoms with Crippen molar-refractivity contribution < 1.29 is 0 Å². The van der Waals surface area contributed by atoms with Gasteiger partial charge in [0, 0.05) is 17.4 Å². The van der Waals surface area contributed by atoms with E-state index in [0.717, 1.165) is 29.9 Å². The van der Waals surface area contributed by atoms with Crippen LogP contribution in [0.4, 0.5) is 11.4 Å². The van der Waals surface area contributed by atoms with Crippen LogP contribution in [0.25, 0.3) is 0 Å². The molecular formula is C13H23N3. The molecule has 0 bridgehead atoms. The highest BCUT2D eigenvalue weighted by Gasteiger charge is 2.05. The minimum absolute atomic E-state index is 0.461. The number of benzene rings is 1. The Balaban J connectivity index is 2.56. The number of nitrogen functional groups attached to an aromatic ring is 1. The summed E-state index contributed by atoms with van der Waals surface area (Å²) in [6, 6.07) is 6.47. The highest BCUT2D eigenvalue weighted by Crippen LogP contribution is 2.21. The molecule has 1 atom stereocenters. The molecule has 3 N–H and O–H groups in total. The zero-order valence-electron chi connectivity index (χ0n) is 10.7. The maximum Gasteiger partial charge on any atom is 0.0392 e. The third-order valence-electron chi connectivity index (χ3n) is 2.79. The van der Waals surface area contributed by atoms with Gasteiger partial charge in [0.1, 0.15) is 0 Å². The zero-order chi connectivity index (χ0) is 12.1. The first kappa shape index (κ1) is 12.8. The summed E-state index contributed by atoms with van der Waals surface area (Å²) in [5.41, 5.74) is 9.00. The van der Waals surface area contributed by atoms with Crippen molar-refractivity contribution in [2.24, 2.45) is 0 Å². The van der Waals surface area contributed by atoms with E-state index in [1.165, 1.54) is 0 Å². The minimum Gasteiger partial charge on any atom is -0.398 e. The molecule has 1 unspecified atom stereocenters. The first-order valence-corrected chi connectivity index (χ1v) is 5.77. The summed E-state index contributed by atoms with van der Waals surface area (Å²) in [6.07, 6.45) is 1.13. The quantitative estimate of drug-likeness (QED) is 0.750. The molecule has 0 radical (unpaired) electrons. The van der Waals surface area contributed by atoms with Crippen LogP contribution in [0.3, 0.4) is 0 Å². The van der Waals surface area contributed by atoms with Crippen LogP contribution < -0.4 is 11.1 Å². The molecule has 0 aliphatic heterocycles. The van der Waals surface area contributed by atoms with Crippen molar-refractivity contribution >= 4 is 11.4 Å². The zero-order valence-corrected chi connectivity index (χ0v) is 10.7. The SMILES string of the molecule is Cc1c(N)cccc1NC(C)CCN(C)C. The van der Waals surface area contributed by atoms with E-state index >= 15 is 0 Å². The second kappa shape index (κ2) is 5.75. The van der Waals surface area contributed by atoms with Gasteiger partial charge in [-0.05, 0) is 58.6 Å².